The number of nitrogens with zero attached hydrogens (tertiary/aromatic N) is 2. The summed E-state index contributed by atoms with van der Waals surface area (Å²) in [6.07, 6.45) is 1.25. The van der Waals surface area contributed by atoms with Crippen LogP contribution < -0.4 is 0 Å². The maximum Gasteiger partial charge on any atom is 0.146 e. The maximum atomic E-state index is 5.05. The fourth-order valence-electron chi connectivity index (χ4n) is 4.17. The predicted octanol–water partition coefficient (Wildman–Crippen LogP) is 8.04. The van der Waals surface area contributed by atoms with Crippen molar-refractivity contribution in [2.45, 2.75) is 53.4 Å². The molecule has 0 radical (unpaired) electrons. The molecule has 2 heteroatoms. The molecule has 30 heavy (non-hydrogen) atoms. The quantitative estimate of drug-likeness (QED) is 0.341. The number of fused-ring (bicyclic) bond motifs is 1. The average Bonchev–Trinajstić information content (AvgIpc) is 3.27. The second-order valence-electron chi connectivity index (χ2n) is 7.66. The molecule has 1 aromatic heterocycles. The van der Waals surface area contributed by atoms with Gasteiger partial charge in [0.25, 0.3) is 0 Å². The number of benzene rings is 3. The number of rotatable bonds is 3. The first-order valence-electron chi connectivity index (χ1n) is 11.3. The number of imidazole rings is 1. The van der Waals surface area contributed by atoms with Crippen molar-refractivity contribution in [3.05, 3.63) is 84.4 Å². The SMILES string of the molecule is CC.CC.C[C@H]1CC1(C)c1ccccc1-c1nc2ccccc2n1-c1ccccc1. The van der Waals surface area contributed by atoms with E-state index in [0.29, 0.717) is 0 Å². The van der Waals surface area contributed by atoms with Crippen LogP contribution in [0.4, 0.5) is 0 Å². The molecule has 3 aromatic carbocycles. The molecule has 2 nitrogen and oxygen atoms in total. The van der Waals surface area contributed by atoms with Gasteiger partial charge in [-0.1, -0.05) is 96.1 Å². The van der Waals surface area contributed by atoms with E-state index < -0.39 is 0 Å². The van der Waals surface area contributed by atoms with Gasteiger partial charge < -0.3 is 0 Å². The van der Waals surface area contributed by atoms with Gasteiger partial charge in [0.05, 0.1) is 11.0 Å². The summed E-state index contributed by atoms with van der Waals surface area (Å²) < 4.78 is 2.30. The Morgan fingerprint density at radius 1 is 0.800 bits per heavy atom. The van der Waals surface area contributed by atoms with E-state index in [-0.39, 0.29) is 5.41 Å². The fraction of sp³-hybridized carbons (Fsp3) is 0.321. The van der Waals surface area contributed by atoms with Crippen LogP contribution in [-0.4, -0.2) is 9.55 Å². The Morgan fingerprint density at radius 2 is 1.37 bits per heavy atom. The Hall–Kier alpha value is -2.87. The number of hydrogen-bond donors (Lipinski definition) is 0. The van der Waals surface area contributed by atoms with Gasteiger partial charge >= 0.3 is 0 Å². The second-order valence-corrected chi connectivity index (χ2v) is 7.66. The minimum absolute atomic E-state index is 0.260. The van der Waals surface area contributed by atoms with Crippen LogP contribution in [0, 0.1) is 5.92 Å². The van der Waals surface area contributed by atoms with Gasteiger partial charge in [-0.25, -0.2) is 4.98 Å². The molecule has 0 N–H and O–H groups in total. The van der Waals surface area contributed by atoms with E-state index in [1.165, 1.54) is 17.5 Å². The van der Waals surface area contributed by atoms with Crippen molar-refractivity contribution in [1.29, 1.82) is 0 Å². The molecule has 4 aromatic rings. The first kappa shape index (κ1) is 21.8. The number of hydrogen-bond acceptors (Lipinski definition) is 1. The lowest BCUT2D eigenvalue weighted by Crippen LogP contribution is -2.07. The van der Waals surface area contributed by atoms with E-state index in [1.807, 2.05) is 27.7 Å². The molecule has 0 bridgehead atoms. The highest BCUT2D eigenvalue weighted by Gasteiger charge is 2.49. The molecule has 5 rings (SSSR count). The molecule has 1 heterocycles. The zero-order chi connectivity index (χ0) is 21.7. The molecule has 1 aliphatic rings. The molecule has 0 saturated heterocycles. The van der Waals surface area contributed by atoms with Crippen LogP contribution in [0.3, 0.4) is 0 Å². The normalized spacial score (nSPS) is 19.3. The zero-order valence-electron chi connectivity index (χ0n) is 19.2. The van der Waals surface area contributed by atoms with Gasteiger partial charge in [0.1, 0.15) is 5.82 Å². The largest absolute Gasteiger partial charge is 0.292 e. The van der Waals surface area contributed by atoms with Crippen LogP contribution in [0.15, 0.2) is 78.9 Å². The molecule has 0 aliphatic heterocycles. The third-order valence-electron chi connectivity index (χ3n) is 6.02. The van der Waals surface area contributed by atoms with E-state index in [4.69, 9.17) is 4.98 Å². The summed E-state index contributed by atoms with van der Waals surface area (Å²) in [6.45, 7) is 12.7. The first-order chi connectivity index (χ1) is 14.7. The summed E-state index contributed by atoms with van der Waals surface area (Å²) >= 11 is 0. The lowest BCUT2D eigenvalue weighted by molar-refractivity contribution is 0.703. The molecule has 0 amide bonds. The third kappa shape index (κ3) is 3.79. The van der Waals surface area contributed by atoms with Crippen LogP contribution in [0.2, 0.25) is 0 Å². The predicted molar refractivity (Wildman–Crippen MR) is 130 cm³/mol. The van der Waals surface area contributed by atoms with E-state index in [1.54, 1.807) is 0 Å². The highest BCUT2D eigenvalue weighted by Crippen LogP contribution is 2.55. The summed E-state index contributed by atoms with van der Waals surface area (Å²) in [6, 6.07) is 27.7. The molecule has 1 aliphatic carbocycles. The second kappa shape index (κ2) is 9.30. The summed E-state index contributed by atoms with van der Waals surface area (Å²) in [5, 5.41) is 0. The lowest BCUT2D eigenvalue weighted by Gasteiger charge is -2.17. The van der Waals surface area contributed by atoms with Crippen LogP contribution >= 0.6 is 0 Å². The topological polar surface area (TPSA) is 17.8 Å². The smallest absolute Gasteiger partial charge is 0.146 e. The summed E-state index contributed by atoms with van der Waals surface area (Å²) in [4.78, 5) is 5.05. The maximum absolute atomic E-state index is 5.05. The zero-order valence-corrected chi connectivity index (χ0v) is 19.2. The fourth-order valence-corrected chi connectivity index (χ4v) is 4.17. The van der Waals surface area contributed by atoms with Gasteiger partial charge in [-0.15, -0.1) is 0 Å². The van der Waals surface area contributed by atoms with E-state index in [9.17, 15) is 0 Å². The first-order valence-corrected chi connectivity index (χ1v) is 11.3. The van der Waals surface area contributed by atoms with Crippen molar-refractivity contribution < 1.29 is 0 Å². The van der Waals surface area contributed by atoms with Crippen LogP contribution in [0.1, 0.15) is 53.5 Å². The Bertz CT molecular complexity index is 1090. The van der Waals surface area contributed by atoms with Crippen molar-refractivity contribution >= 4 is 11.0 Å². The van der Waals surface area contributed by atoms with Crippen molar-refractivity contribution in [2.24, 2.45) is 5.92 Å². The molecule has 0 spiro atoms. The summed E-state index contributed by atoms with van der Waals surface area (Å²) in [5.74, 6) is 1.76. The molecule has 1 fully saturated rings. The Morgan fingerprint density at radius 3 is 2.03 bits per heavy atom. The minimum Gasteiger partial charge on any atom is -0.292 e. The van der Waals surface area contributed by atoms with Gasteiger partial charge in [0.15, 0.2) is 0 Å². The lowest BCUT2D eigenvalue weighted by atomic mass is 9.91. The standard InChI is InChI=1S/C24H22N2.2C2H6/c1-17-16-24(17,2)20-13-7-6-12-19(20)23-25-21-14-8-9-15-22(21)26(23)18-10-4-3-5-11-18;2*1-2/h3-15,17H,16H2,1-2H3;2*1-2H3/t17-,24?;;/m0../s1. The Balaban J connectivity index is 0.000000606. The molecular weight excluding hydrogens is 364 g/mol. The van der Waals surface area contributed by atoms with E-state index >= 15 is 0 Å². The van der Waals surface area contributed by atoms with Crippen molar-refractivity contribution in [3.63, 3.8) is 0 Å². The molecule has 1 unspecified atom stereocenters. The van der Waals surface area contributed by atoms with Gasteiger partial charge in [-0.05, 0) is 47.6 Å². The molecule has 156 valence electrons. The van der Waals surface area contributed by atoms with Crippen molar-refractivity contribution in [2.75, 3.05) is 0 Å². The monoisotopic (exact) mass is 398 g/mol. The summed E-state index contributed by atoms with van der Waals surface area (Å²) in [7, 11) is 0. The van der Waals surface area contributed by atoms with Crippen LogP contribution in [0.5, 0.6) is 0 Å². The van der Waals surface area contributed by atoms with Crippen LogP contribution in [0.25, 0.3) is 28.1 Å². The number of aromatic nitrogens is 2. The summed E-state index contributed by atoms with van der Waals surface area (Å²) in [5.41, 5.74) is 6.27. The molecule has 2 atom stereocenters. The van der Waals surface area contributed by atoms with Crippen LogP contribution in [-0.2, 0) is 5.41 Å². The highest BCUT2D eigenvalue weighted by atomic mass is 15.1. The van der Waals surface area contributed by atoms with Gasteiger partial charge in [0.2, 0.25) is 0 Å². The van der Waals surface area contributed by atoms with E-state index in [0.717, 1.165) is 28.5 Å². The highest BCUT2D eigenvalue weighted by molar-refractivity contribution is 5.84. The average molecular weight is 399 g/mol. The van der Waals surface area contributed by atoms with E-state index in [2.05, 4.69) is 97.3 Å². The van der Waals surface area contributed by atoms with Crippen molar-refractivity contribution in [1.82, 2.24) is 9.55 Å². The Labute approximate surface area is 181 Å². The molecule has 1 saturated carbocycles. The Kier molecular flexibility index (Phi) is 6.77. The van der Waals surface area contributed by atoms with Gasteiger partial charge in [0, 0.05) is 11.3 Å². The number of para-hydroxylation sites is 3. The third-order valence-corrected chi connectivity index (χ3v) is 6.02. The minimum atomic E-state index is 0.260. The van der Waals surface area contributed by atoms with Gasteiger partial charge in [-0.3, -0.25) is 4.57 Å². The van der Waals surface area contributed by atoms with Crippen molar-refractivity contribution in [3.8, 4) is 17.1 Å². The molecular formula is C28H34N2. The van der Waals surface area contributed by atoms with Gasteiger partial charge in [-0.2, -0.15) is 0 Å².